The van der Waals surface area contributed by atoms with E-state index in [4.69, 9.17) is 11.6 Å². The molecule has 1 aliphatic heterocycles. The van der Waals surface area contributed by atoms with Crippen molar-refractivity contribution in [1.29, 1.82) is 0 Å². The number of halogens is 1. The van der Waals surface area contributed by atoms with Crippen molar-refractivity contribution in [3.05, 3.63) is 34.9 Å². The molecule has 1 atom stereocenters. The Labute approximate surface area is 130 Å². The molecule has 3 aliphatic rings. The van der Waals surface area contributed by atoms with Crippen LogP contribution in [0.1, 0.15) is 56.7 Å². The smallest absolute Gasteiger partial charge is 0.244 e. The fourth-order valence-electron chi connectivity index (χ4n) is 3.90. The molecule has 1 unspecified atom stereocenters. The van der Waals surface area contributed by atoms with Gasteiger partial charge in [-0.15, -0.1) is 0 Å². The molecule has 1 amide bonds. The summed E-state index contributed by atoms with van der Waals surface area (Å²) in [6.07, 6.45) is 8.02. The summed E-state index contributed by atoms with van der Waals surface area (Å²) < 4.78 is 0. The molecule has 4 rings (SSSR count). The highest BCUT2D eigenvalue weighted by molar-refractivity contribution is 6.30. The van der Waals surface area contributed by atoms with Gasteiger partial charge in [-0.1, -0.05) is 43.0 Å². The predicted molar refractivity (Wildman–Crippen MR) is 83.0 cm³/mol. The molecular weight excluding hydrogens is 284 g/mol. The Hall–Kier alpha value is -1.06. The van der Waals surface area contributed by atoms with Gasteiger partial charge in [0.25, 0.3) is 0 Å². The maximum atomic E-state index is 12.9. The van der Waals surface area contributed by atoms with Crippen molar-refractivity contribution in [1.82, 2.24) is 10.2 Å². The first-order valence-electron chi connectivity index (χ1n) is 8.06. The molecule has 1 N–H and O–H groups in total. The van der Waals surface area contributed by atoms with Crippen LogP contribution in [-0.4, -0.2) is 22.4 Å². The lowest BCUT2D eigenvalue weighted by Crippen LogP contribution is -2.41. The highest BCUT2D eigenvalue weighted by Gasteiger charge is 2.60. The van der Waals surface area contributed by atoms with Crippen molar-refractivity contribution in [3.63, 3.8) is 0 Å². The van der Waals surface area contributed by atoms with Gasteiger partial charge in [-0.3, -0.25) is 10.1 Å². The van der Waals surface area contributed by atoms with Gasteiger partial charge in [0.15, 0.2) is 0 Å². The van der Waals surface area contributed by atoms with E-state index in [0.717, 1.165) is 36.3 Å². The first-order chi connectivity index (χ1) is 10.2. The highest BCUT2D eigenvalue weighted by Crippen LogP contribution is 2.48. The molecule has 0 bridgehead atoms. The number of rotatable bonds is 2. The molecule has 0 radical (unpaired) electrons. The third-order valence-corrected chi connectivity index (χ3v) is 5.45. The standard InChI is InChI=1S/C17H21ClN2O/c18-13-6-4-5-12(11-13)15-19-17(9-10-17)16(21)20(15)14-7-2-1-3-8-14/h4-6,11,14-15,19H,1-3,7-10H2. The minimum Gasteiger partial charge on any atom is -0.318 e. The summed E-state index contributed by atoms with van der Waals surface area (Å²) in [7, 11) is 0. The number of carbonyl (C=O) groups excluding carboxylic acids is 1. The van der Waals surface area contributed by atoms with E-state index in [1.165, 1.54) is 19.3 Å². The lowest BCUT2D eigenvalue weighted by molar-refractivity contribution is -0.133. The average molecular weight is 305 g/mol. The Balaban J connectivity index is 1.68. The van der Waals surface area contributed by atoms with Gasteiger partial charge in [0, 0.05) is 11.1 Å². The molecular formula is C17H21ClN2O. The number of hydrogen-bond acceptors (Lipinski definition) is 2. The Morgan fingerprint density at radius 1 is 1.19 bits per heavy atom. The Morgan fingerprint density at radius 2 is 1.95 bits per heavy atom. The molecule has 1 saturated heterocycles. The fraction of sp³-hybridized carbons (Fsp3) is 0.588. The quantitative estimate of drug-likeness (QED) is 0.905. The summed E-state index contributed by atoms with van der Waals surface area (Å²) >= 11 is 6.15. The summed E-state index contributed by atoms with van der Waals surface area (Å²) in [5, 5.41) is 4.34. The first kappa shape index (κ1) is 13.6. The number of hydrogen-bond donors (Lipinski definition) is 1. The topological polar surface area (TPSA) is 32.3 Å². The number of carbonyl (C=O) groups is 1. The molecule has 1 aromatic carbocycles. The van der Waals surface area contributed by atoms with Crippen LogP contribution in [0.25, 0.3) is 0 Å². The minimum absolute atomic E-state index is 0.00167. The van der Waals surface area contributed by atoms with Gasteiger partial charge in [0.2, 0.25) is 5.91 Å². The van der Waals surface area contributed by atoms with E-state index in [-0.39, 0.29) is 11.7 Å². The average Bonchev–Trinajstić information content (AvgIpc) is 3.22. The van der Waals surface area contributed by atoms with Crippen molar-refractivity contribution in [2.75, 3.05) is 0 Å². The molecule has 1 aromatic rings. The van der Waals surface area contributed by atoms with Crippen LogP contribution in [0.2, 0.25) is 5.02 Å². The van der Waals surface area contributed by atoms with Crippen molar-refractivity contribution in [2.45, 2.75) is 62.7 Å². The van der Waals surface area contributed by atoms with Crippen LogP contribution in [0.15, 0.2) is 24.3 Å². The molecule has 1 heterocycles. The zero-order valence-corrected chi connectivity index (χ0v) is 12.9. The summed E-state index contributed by atoms with van der Waals surface area (Å²) in [5.74, 6) is 0.319. The van der Waals surface area contributed by atoms with Crippen LogP contribution in [0, 0.1) is 0 Å². The molecule has 1 spiro atoms. The summed E-state index contributed by atoms with van der Waals surface area (Å²) in [6, 6.07) is 8.32. The Morgan fingerprint density at radius 3 is 2.62 bits per heavy atom. The van der Waals surface area contributed by atoms with Crippen molar-refractivity contribution >= 4 is 17.5 Å². The first-order valence-corrected chi connectivity index (χ1v) is 8.43. The minimum atomic E-state index is -0.259. The van der Waals surface area contributed by atoms with Gasteiger partial charge in [0.05, 0.1) is 0 Å². The van der Waals surface area contributed by atoms with E-state index in [2.05, 4.69) is 16.3 Å². The van der Waals surface area contributed by atoms with E-state index in [1.54, 1.807) is 0 Å². The van der Waals surface area contributed by atoms with Crippen LogP contribution in [0.5, 0.6) is 0 Å². The lowest BCUT2D eigenvalue weighted by Gasteiger charge is -2.35. The van der Waals surface area contributed by atoms with E-state index < -0.39 is 0 Å². The van der Waals surface area contributed by atoms with Gasteiger partial charge in [0.1, 0.15) is 11.7 Å². The van der Waals surface area contributed by atoms with Gasteiger partial charge in [-0.05, 0) is 43.4 Å². The third kappa shape index (κ3) is 2.27. The van der Waals surface area contributed by atoms with Crippen molar-refractivity contribution < 1.29 is 4.79 Å². The second kappa shape index (κ2) is 4.99. The van der Waals surface area contributed by atoms with Crippen LogP contribution >= 0.6 is 11.6 Å². The monoisotopic (exact) mass is 304 g/mol. The molecule has 112 valence electrons. The maximum Gasteiger partial charge on any atom is 0.244 e. The number of nitrogens with one attached hydrogen (secondary N) is 1. The molecule has 2 aliphatic carbocycles. The van der Waals surface area contributed by atoms with Crippen LogP contribution in [0.4, 0.5) is 0 Å². The largest absolute Gasteiger partial charge is 0.318 e. The molecule has 4 heteroatoms. The molecule has 2 saturated carbocycles. The number of amides is 1. The van der Waals surface area contributed by atoms with Crippen molar-refractivity contribution in [3.8, 4) is 0 Å². The van der Waals surface area contributed by atoms with E-state index >= 15 is 0 Å². The maximum absolute atomic E-state index is 12.9. The van der Waals surface area contributed by atoms with Gasteiger partial charge in [-0.2, -0.15) is 0 Å². The molecule has 3 fully saturated rings. The van der Waals surface area contributed by atoms with Crippen LogP contribution in [0.3, 0.4) is 0 Å². The van der Waals surface area contributed by atoms with Crippen molar-refractivity contribution in [2.24, 2.45) is 0 Å². The summed E-state index contributed by atoms with van der Waals surface area (Å²) in [6.45, 7) is 0. The summed E-state index contributed by atoms with van der Waals surface area (Å²) in [4.78, 5) is 15.0. The van der Waals surface area contributed by atoms with E-state index in [1.807, 2.05) is 18.2 Å². The van der Waals surface area contributed by atoms with E-state index in [0.29, 0.717) is 11.9 Å². The van der Waals surface area contributed by atoms with Crippen LogP contribution in [-0.2, 0) is 4.79 Å². The fourth-order valence-corrected chi connectivity index (χ4v) is 4.10. The summed E-state index contributed by atoms with van der Waals surface area (Å²) in [5.41, 5.74) is 0.856. The van der Waals surface area contributed by atoms with Crippen LogP contribution < -0.4 is 5.32 Å². The Bertz CT molecular complexity index is 564. The molecule has 21 heavy (non-hydrogen) atoms. The number of benzene rings is 1. The zero-order valence-electron chi connectivity index (χ0n) is 12.1. The second-order valence-electron chi connectivity index (χ2n) is 6.69. The predicted octanol–water partition coefficient (Wildman–Crippen LogP) is 3.64. The Kier molecular flexibility index (Phi) is 3.23. The van der Waals surface area contributed by atoms with Gasteiger partial charge in [-0.25, -0.2) is 0 Å². The normalized spacial score (nSPS) is 28.3. The lowest BCUT2D eigenvalue weighted by atomic mass is 9.93. The number of nitrogens with zero attached hydrogens (tertiary/aromatic N) is 1. The van der Waals surface area contributed by atoms with E-state index in [9.17, 15) is 4.79 Å². The molecule has 0 aromatic heterocycles. The third-order valence-electron chi connectivity index (χ3n) is 5.22. The van der Waals surface area contributed by atoms with Gasteiger partial charge >= 0.3 is 0 Å². The van der Waals surface area contributed by atoms with Gasteiger partial charge < -0.3 is 4.90 Å². The highest BCUT2D eigenvalue weighted by atomic mass is 35.5. The zero-order chi connectivity index (χ0) is 14.4. The molecule has 3 nitrogen and oxygen atoms in total. The SMILES string of the molecule is O=C1N(C2CCCCC2)C(c2cccc(Cl)c2)NC12CC2. The second-order valence-corrected chi connectivity index (χ2v) is 7.12.